The van der Waals surface area contributed by atoms with Gasteiger partial charge in [-0.3, -0.25) is 4.79 Å². The highest BCUT2D eigenvalue weighted by molar-refractivity contribution is 6.08. The number of rotatable bonds is 17. The van der Waals surface area contributed by atoms with E-state index in [1.165, 1.54) is 83.5 Å². The van der Waals surface area contributed by atoms with Crippen LogP contribution in [0, 0.1) is 0 Å². The van der Waals surface area contributed by atoms with Crippen LogP contribution in [0.2, 0.25) is 0 Å². The van der Waals surface area contributed by atoms with Crippen molar-refractivity contribution in [2.75, 3.05) is 0 Å². The Bertz CT molecular complexity index is 1070. The predicted molar refractivity (Wildman–Crippen MR) is 156 cm³/mol. The van der Waals surface area contributed by atoms with Crippen LogP contribution in [0.3, 0.4) is 0 Å². The highest BCUT2D eigenvalue weighted by atomic mass is 16.4. The van der Waals surface area contributed by atoms with Crippen LogP contribution >= 0.6 is 0 Å². The first-order valence-corrected chi connectivity index (χ1v) is 14.4. The molecule has 0 aliphatic carbocycles. The van der Waals surface area contributed by atoms with E-state index in [-0.39, 0.29) is 0 Å². The van der Waals surface area contributed by atoms with Gasteiger partial charge in [0.15, 0.2) is 0 Å². The lowest BCUT2D eigenvalue weighted by Crippen LogP contribution is -1.96. The minimum absolute atomic E-state index is 0.345. The van der Waals surface area contributed by atoms with Crippen molar-refractivity contribution in [3.63, 3.8) is 0 Å². The number of aliphatic carboxylic acids is 1. The smallest absolute Gasteiger partial charge is 0.336 e. The van der Waals surface area contributed by atoms with Crippen LogP contribution in [0.25, 0.3) is 21.5 Å². The Balaban J connectivity index is 0.000000262. The summed E-state index contributed by atoms with van der Waals surface area (Å²) in [6.07, 6.45) is 20.2. The summed E-state index contributed by atoms with van der Waals surface area (Å²) in [7, 11) is 0. The molecule has 0 heterocycles. The molecule has 0 atom stereocenters. The number of unbranched alkanes of at least 4 members (excludes halogenated alkanes) is 14. The van der Waals surface area contributed by atoms with Gasteiger partial charge in [0.2, 0.25) is 0 Å². The second-order valence-corrected chi connectivity index (χ2v) is 10.1. The van der Waals surface area contributed by atoms with E-state index in [2.05, 4.69) is 6.92 Å². The minimum atomic E-state index is -0.883. The Hall–Kier alpha value is -2.88. The van der Waals surface area contributed by atoms with E-state index in [4.69, 9.17) is 10.2 Å². The normalized spacial score (nSPS) is 10.8. The average molecular weight is 507 g/mol. The van der Waals surface area contributed by atoms with Gasteiger partial charge < -0.3 is 10.2 Å². The number of fused-ring (bicyclic) bond motifs is 2. The van der Waals surface area contributed by atoms with Crippen LogP contribution in [-0.4, -0.2) is 22.2 Å². The van der Waals surface area contributed by atoms with Crippen molar-refractivity contribution in [3.05, 3.63) is 60.2 Å². The fourth-order valence-corrected chi connectivity index (χ4v) is 4.80. The molecule has 2 N–H and O–H groups in total. The van der Waals surface area contributed by atoms with Crippen LogP contribution in [0.15, 0.2) is 54.6 Å². The number of carboxylic acid groups (broad SMARTS) is 2. The average Bonchev–Trinajstić information content (AvgIpc) is 2.89. The lowest BCUT2D eigenvalue weighted by Gasteiger charge is -2.05. The van der Waals surface area contributed by atoms with Gasteiger partial charge in [0, 0.05) is 6.42 Å². The molecule has 0 unspecified atom stereocenters. The molecule has 3 aromatic carbocycles. The first-order chi connectivity index (χ1) is 18.0. The highest BCUT2D eigenvalue weighted by Gasteiger charge is 2.08. The highest BCUT2D eigenvalue weighted by Crippen LogP contribution is 2.25. The number of hydrogen-bond acceptors (Lipinski definition) is 2. The summed E-state index contributed by atoms with van der Waals surface area (Å²) in [6.45, 7) is 2.27. The molecule has 0 saturated heterocycles. The minimum Gasteiger partial charge on any atom is -0.481 e. The summed E-state index contributed by atoms with van der Waals surface area (Å²) >= 11 is 0. The summed E-state index contributed by atoms with van der Waals surface area (Å²) in [6, 6.07) is 17.3. The van der Waals surface area contributed by atoms with Gasteiger partial charge in [0.25, 0.3) is 0 Å². The molecule has 0 aliphatic rings. The summed E-state index contributed by atoms with van der Waals surface area (Å²) in [5.74, 6) is -1.54. The van der Waals surface area contributed by atoms with Gasteiger partial charge in [0.05, 0.1) is 5.56 Å². The molecular formula is C33H46O4. The van der Waals surface area contributed by atoms with Gasteiger partial charge in [-0.05, 0) is 46.2 Å². The lowest BCUT2D eigenvalue weighted by atomic mass is 10.00. The first kappa shape index (κ1) is 30.3. The summed E-state index contributed by atoms with van der Waals surface area (Å²) in [5.41, 5.74) is 0.355. The zero-order valence-electron chi connectivity index (χ0n) is 22.7. The summed E-state index contributed by atoms with van der Waals surface area (Å²) in [4.78, 5) is 21.5. The van der Waals surface area contributed by atoms with Crippen molar-refractivity contribution in [2.45, 2.75) is 110 Å². The molecule has 3 rings (SSSR count). The van der Waals surface area contributed by atoms with Gasteiger partial charge in [-0.1, -0.05) is 133 Å². The molecule has 0 spiro atoms. The van der Waals surface area contributed by atoms with Crippen molar-refractivity contribution in [2.24, 2.45) is 0 Å². The number of aromatic carboxylic acids is 1. The second kappa shape index (κ2) is 18.4. The topological polar surface area (TPSA) is 74.6 Å². The predicted octanol–water partition coefficient (Wildman–Crippen LogP) is 10.0. The third kappa shape index (κ3) is 12.3. The molecule has 4 heteroatoms. The van der Waals surface area contributed by atoms with Crippen molar-refractivity contribution in [1.82, 2.24) is 0 Å². The zero-order valence-corrected chi connectivity index (χ0v) is 22.7. The Labute approximate surface area is 223 Å². The Morgan fingerprint density at radius 1 is 0.568 bits per heavy atom. The largest absolute Gasteiger partial charge is 0.481 e. The molecule has 0 amide bonds. The van der Waals surface area contributed by atoms with E-state index in [1.807, 2.05) is 42.5 Å². The van der Waals surface area contributed by atoms with E-state index in [0.29, 0.717) is 12.0 Å². The second-order valence-electron chi connectivity index (χ2n) is 10.1. The molecule has 0 aromatic heterocycles. The quantitative estimate of drug-likeness (QED) is 0.141. The van der Waals surface area contributed by atoms with Crippen LogP contribution in [0.4, 0.5) is 0 Å². The summed E-state index contributed by atoms with van der Waals surface area (Å²) in [5, 5.41) is 21.6. The Morgan fingerprint density at radius 2 is 1.03 bits per heavy atom. The van der Waals surface area contributed by atoms with Gasteiger partial charge >= 0.3 is 11.9 Å². The van der Waals surface area contributed by atoms with Gasteiger partial charge in [-0.2, -0.15) is 0 Å². The van der Waals surface area contributed by atoms with Crippen molar-refractivity contribution < 1.29 is 19.8 Å². The Morgan fingerprint density at radius 3 is 1.51 bits per heavy atom. The van der Waals surface area contributed by atoms with E-state index < -0.39 is 11.9 Å². The van der Waals surface area contributed by atoms with E-state index >= 15 is 0 Å². The third-order valence-corrected chi connectivity index (χ3v) is 6.97. The molecule has 0 saturated carbocycles. The molecule has 0 bridgehead atoms. The summed E-state index contributed by atoms with van der Waals surface area (Å²) < 4.78 is 0. The van der Waals surface area contributed by atoms with Gasteiger partial charge in [0.1, 0.15) is 0 Å². The third-order valence-electron chi connectivity index (χ3n) is 6.97. The molecule has 3 aromatic rings. The fraction of sp³-hybridized carbons (Fsp3) is 0.515. The molecule has 0 aliphatic heterocycles. The maximum absolute atomic E-state index is 11.2. The maximum atomic E-state index is 11.2. The van der Waals surface area contributed by atoms with Crippen molar-refractivity contribution >= 4 is 33.5 Å². The SMILES string of the molecule is CCCCCCCCCCCCCCCCCC(=O)O.O=C(O)c1cccc2cc3ccccc3cc12. The number of carbonyl (C=O) groups is 2. The maximum Gasteiger partial charge on any atom is 0.336 e. The Kier molecular flexibility index (Phi) is 15.1. The van der Waals surface area contributed by atoms with Crippen molar-refractivity contribution in [1.29, 1.82) is 0 Å². The molecule has 202 valence electrons. The first-order valence-electron chi connectivity index (χ1n) is 14.4. The van der Waals surface area contributed by atoms with Crippen LogP contribution in [0.1, 0.15) is 120 Å². The van der Waals surface area contributed by atoms with E-state index in [0.717, 1.165) is 34.4 Å². The van der Waals surface area contributed by atoms with E-state index in [1.54, 1.807) is 12.1 Å². The lowest BCUT2D eigenvalue weighted by molar-refractivity contribution is -0.137. The van der Waals surface area contributed by atoms with Crippen LogP contribution in [-0.2, 0) is 4.79 Å². The van der Waals surface area contributed by atoms with Gasteiger partial charge in [-0.25, -0.2) is 4.79 Å². The molecule has 0 fully saturated rings. The fourth-order valence-electron chi connectivity index (χ4n) is 4.80. The molecule has 0 radical (unpaired) electrons. The molecular weight excluding hydrogens is 460 g/mol. The number of benzene rings is 3. The van der Waals surface area contributed by atoms with Crippen LogP contribution in [0.5, 0.6) is 0 Å². The monoisotopic (exact) mass is 506 g/mol. The number of hydrogen-bond donors (Lipinski definition) is 2. The number of carboxylic acids is 2. The van der Waals surface area contributed by atoms with Crippen LogP contribution < -0.4 is 0 Å². The van der Waals surface area contributed by atoms with Crippen molar-refractivity contribution in [3.8, 4) is 0 Å². The zero-order chi connectivity index (χ0) is 26.7. The standard InChI is InChI=1S/C18H36O2.C15H10O2/c1-2-3-4-5-6-7-8-9-10-11-12-13-14-15-16-17-18(19)20;16-15(17)13-7-3-6-12-8-10-4-1-2-5-11(10)9-14(12)13/h2-17H2,1H3,(H,19,20);1-9H,(H,16,17). The van der Waals surface area contributed by atoms with Gasteiger partial charge in [-0.15, -0.1) is 0 Å². The van der Waals surface area contributed by atoms with E-state index in [9.17, 15) is 9.59 Å². The molecule has 4 nitrogen and oxygen atoms in total. The molecule has 37 heavy (non-hydrogen) atoms.